The van der Waals surface area contributed by atoms with Crippen LogP contribution in [0.15, 0.2) is 5.38 Å². The first-order chi connectivity index (χ1) is 5.74. The maximum absolute atomic E-state index is 9.53. The van der Waals surface area contributed by atoms with Crippen LogP contribution < -0.4 is 0 Å². The molecule has 0 amide bonds. The second-order valence-electron chi connectivity index (χ2n) is 2.62. The molecular weight excluding hydrogens is 174 g/mol. The van der Waals surface area contributed by atoms with Crippen molar-refractivity contribution in [1.29, 1.82) is 0 Å². The molecule has 0 saturated carbocycles. The molecule has 0 spiro atoms. The van der Waals surface area contributed by atoms with Gasteiger partial charge in [-0.25, -0.2) is 4.98 Å². The normalized spacial score (nSPS) is 13.2. The van der Waals surface area contributed by atoms with Crippen molar-refractivity contribution in [3.05, 3.63) is 16.1 Å². The van der Waals surface area contributed by atoms with E-state index in [9.17, 15) is 5.11 Å². The van der Waals surface area contributed by atoms with Crippen molar-refractivity contribution in [3.63, 3.8) is 0 Å². The van der Waals surface area contributed by atoms with Crippen molar-refractivity contribution >= 4 is 11.3 Å². The van der Waals surface area contributed by atoms with Gasteiger partial charge < -0.3 is 9.84 Å². The average Bonchev–Trinajstić information content (AvgIpc) is 2.47. The SMILES string of the molecule is COCCC(O)c1nc(C)cs1. The minimum absolute atomic E-state index is 0.469. The van der Waals surface area contributed by atoms with E-state index in [1.165, 1.54) is 11.3 Å². The molecule has 3 nitrogen and oxygen atoms in total. The number of hydrogen-bond donors (Lipinski definition) is 1. The maximum atomic E-state index is 9.53. The van der Waals surface area contributed by atoms with E-state index in [1.807, 2.05) is 12.3 Å². The van der Waals surface area contributed by atoms with Gasteiger partial charge in [0.2, 0.25) is 0 Å². The number of thiazole rings is 1. The van der Waals surface area contributed by atoms with Gasteiger partial charge in [0.05, 0.1) is 0 Å². The molecule has 0 fully saturated rings. The van der Waals surface area contributed by atoms with Crippen LogP contribution in [-0.2, 0) is 4.74 Å². The highest BCUT2D eigenvalue weighted by Crippen LogP contribution is 2.20. The minimum atomic E-state index is -0.469. The molecule has 1 heterocycles. The molecule has 0 aliphatic carbocycles. The summed E-state index contributed by atoms with van der Waals surface area (Å²) >= 11 is 1.49. The van der Waals surface area contributed by atoms with Gasteiger partial charge in [-0.2, -0.15) is 0 Å². The molecule has 1 atom stereocenters. The fraction of sp³-hybridized carbons (Fsp3) is 0.625. The Hall–Kier alpha value is -0.450. The third-order valence-corrected chi connectivity index (χ3v) is 2.58. The summed E-state index contributed by atoms with van der Waals surface area (Å²) in [4.78, 5) is 4.18. The summed E-state index contributed by atoms with van der Waals surface area (Å²) in [5, 5.41) is 12.3. The first-order valence-electron chi connectivity index (χ1n) is 3.83. The Labute approximate surface area is 76.0 Å². The van der Waals surface area contributed by atoms with Gasteiger partial charge >= 0.3 is 0 Å². The number of hydrogen-bond acceptors (Lipinski definition) is 4. The zero-order valence-electron chi connectivity index (χ0n) is 7.28. The van der Waals surface area contributed by atoms with Crippen molar-refractivity contribution in [1.82, 2.24) is 4.98 Å². The van der Waals surface area contributed by atoms with Crippen molar-refractivity contribution in [3.8, 4) is 0 Å². The molecule has 1 N–H and O–H groups in total. The predicted molar refractivity (Wildman–Crippen MR) is 48.3 cm³/mol. The van der Waals surface area contributed by atoms with Gasteiger partial charge in [-0.1, -0.05) is 0 Å². The summed E-state index contributed by atoms with van der Waals surface area (Å²) < 4.78 is 4.86. The van der Waals surface area contributed by atoms with Crippen molar-refractivity contribution in [2.75, 3.05) is 13.7 Å². The summed E-state index contributed by atoms with van der Waals surface area (Å²) in [7, 11) is 1.62. The highest BCUT2D eigenvalue weighted by Gasteiger charge is 2.10. The number of aromatic nitrogens is 1. The van der Waals surface area contributed by atoms with Crippen LogP contribution in [0.3, 0.4) is 0 Å². The van der Waals surface area contributed by atoms with E-state index in [-0.39, 0.29) is 0 Å². The van der Waals surface area contributed by atoms with Gasteiger partial charge in [-0.05, 0) is 6.92 Å². The number of aliphatic hydroxyl groups excluding tert-OH is 1. The van der Waals surface area contributed by atoms with Crippen molar-refractivity contribution in [2.45, 2.75) is 19.4 Å². The van der Waals surface area contributed by atoms with Gasteiger partial charge in [-0.3, -0.25) is 0 Å². The average molecular weight is 187 g/mol. The molecule has 1 aromatic heterocycles. The minimum Gasteiger partial charge on any atom is -0.386 e. The van der Waals surface area contributed by atoms with Crippen molar-refractivity contribution < 1.29 is 9.84 Å². The first kappa shape index (κ1) is 9.64. The molecule has 0 saturated heterocycles. The maximum Gasteiger partial charge on any atom is 0.122 e. The highest BCUT2D eigenvalue weighted by molar-refractivity contribution is 7.09. The topological polar surface area (TPSA) is 42.4 Å². The Bertz CT molecular complexity index is 237. The van der Waals surface area contributed by atoms with E-state index in [4.69, 9.17) is 4.74 Å². The number of nitrogens with zero attached hydrogens (tertiary/aromatic N) is 1. The van der Waals surface area contributed by atoms with Crippen LogP contribution in [0.5, 0.6) is 0 Å². The molecule has 0 aliphatic heterocycles. The van der Waals surface area contributed by atoms with Gasteiger partial charge in [0.25, 0.3) is 0 Å². The molecular formula is C8H13NO2S. The molecule has 1 unspecified atom stereocenters. The second kappa shape index (κ2) is 4.54. The summed E-state index contributed by atoms with van der Waals surface area (Å²) in [5.41, 5.74) is 0.964. The quantitative estimate of drug-likeness (QED) is 0.777. The molecule has 4 heteroatoms. The summed E-state index contributed by atoms with van der Waals surface area (Å²) in [5.74, 6) is 0. The van der Waals surface area contributed by atoms with Crippen LogP contribution in [-0.4, -0.2) is 23.8 Å². The number of methoxy groups -OCH3 is 1. The monoisotopic (exact) mass is 187 g/mol. The van der Waals surface area contributed by atoms with E-state index < -0.39 is 6.10 Å². The lowest BCUT2D eigenvalue weighted by molar-refractivity contribution is 0.110. The lowest BCUT2D eigenvalue weighted by Gasteiger charge is -2.05. The number of ether oxygens (including phenoxy) is 1. The molecule has 12 heavy (non-hydrogen) atoms. The first-order valence-corrected chi connectivity index (χ1v) is 4.71. The Morgan fingerprint density at radius 2 is 2.50 bits per heavy atom. The van der Waals surface area contributed by atoms with Crippen LogP contribution in [0.1, 0.15) is 23.2 Å². The predicted octanol–water partition coefficient (Wildman–Crippen LogP) is 1.52. The lowest BCUT2D eigenvalue weighted by atomic mass is 10.3. The van der Waals surface area contributed by atoms with Crippen molar-refractivity contribution in [2.24, 2.45) is 0 Å². The molecule has 0 aliphatic rings. The standard InChI is InChI=1S/C8H13NO2S/c1-6-5-12-8(9-6)7(10)3-4-11-2/h5,7,10H,3-4H2,1-2H3. The van der Waals surface area contributed by atoms with Crippen LogP contribution >= 0.6 is 11.3 Å². The highest BCUT2D eigenvalue weighted by atomic mass is 32.1. The Kier molecular flexibility index (Phi) is 3.65. The smallest absolute Gasteiger partial charge is 0.122 e. The third kappa shape index (κ3) is 2.55. The number of aliphatic hydroxyl groups is 1. The second-order valence-corrected chi connectivity index (χ2v) is 3.51. The molecule has 0 bridgehead atoms. The molecule has 1 aromatic rings. The lowest BCUT2D eigenvalue weighted by Crippen LogP contribution is -2.01. The molecule has 68 valence electrons. The summed E-state index contributed by atoms with van der Waals surface area (Å²) in [6.45, 7) is 2.49. The molecule has 1 rings (SSSR count). The summed E-state index contributed by atoms with van der Waals surface area (Å²) in [6, 6.07) is 0. The zero-order chi connectivity index (χ0) is 8.97. The summed E-state index contributed by atoms with van der Waals surface area (Å²) in [6.07, 6.45) is 0.146. The van der Waals surface area contributed by atoms with Gasteiger partial charge in [0, 0.05) is 31.2 Å². The third-order valence-electron chi connectivity index (χ3n) is 1.52. The van der Waals surface area contributed by atoms with E-state index in [1.54, 1.807) is 7.11 Å². The number of rotatable bonds is 4. The van der Waals surface area contributed by atoms with E-state index in [0.29, 0.717) is 13.0 Å². The Morgan fingerprint density at radius 3 is 3.00 bits per heavy atom. The largest absolute Gasteiger partial charge is 0.386 e. The van der Waals surface area contributed by atoms with E-state index in [2.05, 4.69) is 4.98 Å². The van der Waals surface area contributed by atoms with E-state index in [0.717, 1.165) is 10.7 Å². The van der Waals surface area contributed by atoms with E-state index >= 15 is 0 Å². The Balaban J connectivity index is 2.47. The van der Waals surface area contributed by atoms with Gasteiger partial charge in [0.15, 0.2) is 0 Å². The van der Waals surface area contributed by atoms with Gasteiger partial charge in [-0.15, -0.1) is 11.3 Å². The Morgan fingerprint density at radius 1 is 1.75 bits per heavy atom. The van der Waals surface area contributed by atoms with Crippen LogP contribution in [0.2, 0.25) is 0 Å². The molecule has 0 radical (unpaired) electrons. The van der Waals surface area contributed by atoms with Gasteiger partial charge in [0.1, 0.15) is 11.1 Å². The fourth-order valence-electron chi connectivity index (χ4n) is 0.878. The van der Waals surface area contributed by atoms with Crippen LogP contribution in [0.4, 0.5) is 0 Å². The number of aryl methyl sites for hydroxylation is 1. The molecule has 0 aromatic carbocycles. The van der Waals surface area contributed by atoms with Crippen LogP contribution in [0.25, 0.3) is 0 Å². The van der Waals surface area contributed by atoms with Crippen LogP contribution in [0, 0.1) is 6.92 Å². The zero-order valence-corrected chi connectivity index (χ0v) is 8.10. The fourth-order valence-corrected chi connectivity index (χ4v) is 1.69.